The summed E-state index contributed by atoms with van der Waals surface area (Å²) in [5, 5.41) is 28.8. The first-order chi connectivity index (χ1) is 33.2. The number of ether oxygens (including phenoxy) is 2. The molecule has 0 saturated carbocycles. The van der Waals surface area contributed by atoms with Crippen LogP contribution < -0.4 is 37.3 Å². The number of carbonyl (C=O) groups excluding carboxylic acids is 4. The molecular weight excluding hydrogens is 961 g/mol. The first-order valence-corrected chi connectivity index (χ1v) is 20.8. The third-order valence-electron chi connectivity index (χ3n) is 9.56. The second kappa shape index (κ2) is 23.2. The Bertz CT molecular complexity index is 2960. The van der Waals surface area contributed by atoms with Crippen molar-refractivity contribution in [1.29, 1.82) is 0 Å². The molecule has 4 heterocycles. The Morgan fingerprint density at radius 3 is 1.39 bits per heavy atom. The van der Waals surface area contributed by atoms with Crippen molar-refractivity contribution in [2.45, 2.75) is 72.6 Å². The van der Waals surface area contributed by atoms with Crippen molar-refractivity contribution in [3.63, 3.8) is 0 Å². The van der Waals surface area contributed by atoms with Crippen LogP contribution in [-0.4, -0.2) is 117 Å². The number of hydrogen-bond donors (Lipinski definition) is 7. The van der Waals surface area contributed by atoms with E-state index in [0.717, 1.165) is 0 Å². The van der Waals surface area contributed by atoms with Gasteiger partial charge in [0.15, 0.2) is 0 Å². The van der Waals surface area contributed by atoms with Gasteiger partial charge < -0.3 is 46.0 Å². The number of fused-ring (bicyclic) bond motifs is 2. The number of primary amides is 2. The second-order valence-electron chi connectivity index (χ2n) is 14.7. The first kappa shape index (κ1) is 55.1. The van der Waals surface area contributed by atoms with Crippen molar-refractivity contribution in [3.05, 3.63) is 82.5 Å². The lowest BCUT2D eigenvalue weighted by molar-refractivity contribution is -0.193. The molecule has 2 aromatic carbocycles. The van der Waals surface area contributed by atoms with E-state index < -0.39 is 47.9 Å². The van der Waals surface area contributed by atoms with Crippen LogP contribution in [0.1, 0.15) is 73.3 Å². The van der Waals surface area contributed by atoms with Crippen LogP contribution in [0.3, 0.4) is 0 Å². The predicted octanol–water partition coefficient (Wildman–Crippen LogP) is 4.40. The van der Waals surface area contributed by atoms with E-state index in [4.69, 9.17) is 51.5 Å². The van der Waals surface area contributed by atoms with E-state index in [0.29, 0.717) is 82.4 Å². The van der Waals surface area contributed by atoms with Gasteiger partial charge in [0, 0.05) is 37.3 Å². The molecule has 6 rings (SSSR count). The molecule has 0 unspecified atom stereocenters. The second-order valence-corrected chi connectivity index (χ2v) is 14.7. The number of halogens is 6. The molecule has 0 bridgehead atoms. The number of rotatable bonds is 17. The van der Waals surface area contributed by atoms with Gasteiger partial charge in [-0.1, -0.05) is 12.2 Å². The van der Waals surface area contributed by atoms with Gasteiger partial charge in [-0.15, -0.1) is 0 Å². The number of amides is 4. The molecule has 0 spiro atoms. The molecule has 0 atom stereocenters. The standard InChI is InChI=1S/C38H45N13O6.2C2HF3O2/c1-6-50-27(15-21(3)46-50)35(54)44-37-42-25-17-23(33(40)52)19-29(56-5)31(25)48(37)12-8-9-13-49-32-26(18-24(34(41)53)20-30(32)57-14-10-11-39)43-38(49)45-36(55)28-16-22(4)47-51(28)7-2;2*3-2(4,5)1(6)7/h8-9,15-20H,6-7,10-14,39H2,1-5H3,(H2,40,52)(H2,41,53)(H,42,44,54)(H,43,45,55);2*(H,6,7)/b9-8+;;. The van der Waals surface area contributed by atoms with Crippen LogP contribution in [-0.2, 0) is 35.8 Å². The van der Waals surface area contributed by atoms with Crippen molar-refractivity contribution >= 4 is 69.5 Å². The van der Waals surface area contributed by atoms with Crippen LogP contribution in [0.15, 0.2) is 48.6 Å². The Morgan fingerprint density at radius 2 is 1.06 bits per heavy atom. The summed E-state index contributed by atoms with van der Waals surface area (Å²) in [5.74, 6) is -6.74. The summed E-state index contributed by atoms with van der Waals surface area (Å²) in [7, 11) is 1.46. The quantitative estimate of drug-likeness (QED) is 0.0378. The smallest absolute Gasteiger partial charge is 0.490 e. The summed E-state index contributed by atoms with van der Waals surface area (Å²) < 4.78 is 81.9. The average Bonchev–Trinajstić information content (AvgIpc) is 4.06. The van der Waals surface area contributed by atoms with Crippen LogP contribution in [0.2, 0.25) is 0 Å². The summed E-state index contributed by atoms with van der Waals surface area (Å²) in [6.07, 6.45) is -5.96. The fourth-order valence-corrected chi connectivity index (χ4v) is 6.45. The summed E-state index contributed by atoms with van der Waals surface area (Å²) >= 11 is 0. The van der Waals surface area contributed by atoms with Crippen LogP contribution >= 0.6 is 0 Å². The largest absolute Gasteiger partial charge is 0.494 e. The minimum absolute atomic E-state index is 0.160. The monoisotopic (exact) mass is 1010 g/mol. The van der Waals surface area contributed by atoms with Gasteiger partial charge in [0.1, 0.15) is 33.9 Å². The Kier molecular flexibility index (Phi) is 18.0. The molecule has 0 fully saturated rings. The third-order valence-corrected chi connectivity index (χ3v) is 9.56. The number of nitrogens with zero attached hydrogens (tertiary/aromatic N) is 8. The molecule has 29 heteroatoms. The van der Waals surface area contributed by atoms with Gasteiger partial charge in [-0.25, -0.2) is 19.6 Å². The average molecular weight is 1010 g/mol. The fourth-order valence-electron chi connectivity index (χ4n) is 6.45. The van der Waals surface area contributed by atoms with Crippen molar-refractivity contribution in [2.75, 3.05) is 30.9 Å². The zero-order valence-corrected chi connectivity index (χ0v) is 38.3. The SMILES string of the molecule is CCn1nc(C)cc1C(=O)Nc1nc2cc(C(N)=O)cc(OC)c2n1C/C=C/Cn1c(NC(=O)c2cc(C)nn2CC)nc2cc(C(N)=O)cc(OCCCN)c21.O=C(O)C(F)(F)F.O=C(O)C(F)(F)F. The maximum absolute atomic E-state index is 13.7. The number of carbonyl (C=O) groups is 6. The van der Waals surface area contributed by atoms with Crippen molar-refractivity contribution in [2.24, 2.45) is 17.2 Å². The zero-order valence-electron chi connectivity index (χ0n) is 38.3. The normalized spacial score (nSPS) is 11.4. The van der Waals surface area contributed by atoms with Gasteiger partial charge in [0.25, 0.3) is 11.8 Å². The molecule has 4 amide bonds. The molecule has 6 aromatic rings. The predicted molar refractivity (Wildman–Crippen MR) is 240 cm³/mol. The molecule has 10 N–H and O–H groups in total. The number of aliphatic carboxylic acids is 2. The highest BCUT2D eigenvalue weighted by molar-refractivity contribution is 6.05. The van der Waals surface area contributed by atoms with E-state index in [9.17, 15) is 45.5 Å². The molecule has 23 nitrogen and oxygen atoms in total. The minimum atomic E-state index is -5.08. The summed E-state index contributed by atoms with van der Waals surface area (Å²) in [4.78, 5) is 78.9. The number of nitrogens with two attached hydrogens (primary N) is 3. The van der Waals surface area contributed by atoms with E-state index in [1.54, 1.807) is 44.5 Å². The Balaban J connectivity index is 0.000000683. The fraction of sp³-hybridized carbons (Fsp3) is 0.333. The number of carboxylic acid groups (broad SMARTS) is 2. The summed E-state index contributed by atoms with van der Waals surface area (Å²) in [6.45, 7) is 9.27. The Hall–Kier alpha value is -8.50. The number of hydrogen-bond acceptors (Lipinski definition) is 13. The number of aromatic nitrogens is 8. The van der Waals surface area contributed by atoms with Crippen molar-refractivity contribution in [1.82, 2.24) is 38.7 Å². The number of allylic oxidation sites excluding steroid dienone is 2. The van der Waals surface area contributed by atoms with Gasteiger partial charge in [-0.2, -0.15) is 36.5 Å². The van der Waals surface area contributed by atoms with Gasteiger partial charge in [-0.05, 0) is 77.1 Å². The summed E-state index contributed by atoms with van der Waals surface area (Å²) in [5.41, 5.74) is 21.1. The molecule has 0 aliphatic rings. The van der Waals surface area contributed by atoms with Crippen LogP contribution in [0.25, 0.3) is 22.1 Å². The Labute approximate surface area is 397 Å². The van der Waals surface area contributed by atoms with Crippen molar-refractivity contribution in [3.8, 4) is 11.5 Å². The number of carboxylic acids is 2. The maximum Gasteiger partial charge on any atom is 0.490 e. The van der Waals surface area contributed by atoms with Gasteiger partial charge >= 0.3 is 24.3 Å². The van der Waals surface area contributed by atoms with Gasteiger partial charge in [-0.3, -0.25) is 39.2 Å². The van der Waals surface area contributed by atoms with E-state index in [1.165, 1.54) is 31.4 Å². The topological polar surface area (TPSA) is 335 Å². The number of aryl methyl sites for hydroxylation is 4. The molecule has 382 valence electrons. The zero-order chi connectivity index (χ0) is 53.1. The van der Waals surface area contributed by atoms with E-state index in [-0.39, 0.29) is 42.7 Å². The highest BCUT2D eigenvalue weighted by Gasteiger charge is 2.39. The molecule has 71 heavy (non-hydrogen) atoms. The number of benzene rings is 2. The highest BCUT2D eigenvalue weighted by Crippen LogP contribution is 2.33. The van der Waals surface area contributed by atoms with E-state index in [1.807, 2.05) is 26.0 Å². The van der Waals surface area contributed by atoms with E-state index >= 15 is 0 Å². The lowest BCUT2D eigenvalue weighted by Crippen LogP contribution is -2.21. The number of methoxy groups -OCH3 is 1. The molecule has 0 radical (unpaired) electrons. The van der Waals surface area contributed by atoms with Gasteiger partial charge in [0.2, 0.25) is 23.7 Å². The lowest BCUT2D eigenvalue weighted by Gasteiger charge is -2.13. The van der Waals surface area contributed by atoms with Gasteiger partial charge in [0.05, 0.1) is 36.1 Å². The summed E-state index contributed by atoms with van der Waals surface area (Å²) in [6, 6.07) is 9.48. The molecule has 0 aliphatic carbocycles. The van der Waals surface area contributed by atoms with Crippen LogP contribution in [0.5, 0.6) is 11.5 Å². The number of nitrogens with one attached hydrogen (secondary N) is 2. The molecule has 0 saturated heterocycles. The minimum Gasteiger partial charge on any atom is -0.494 e. The number of anilines is 2. The van der Waals surface area contributed by atoms with E-state index in [2.05, 4.69) is 25.8 Å². The number of alkyl halides is 6. The van der Waals surface area contributed by atoms with Crippen molar-refractivity contribution < 1.29 is 74.8 Å². The number of imidazole rings is 2. The lowest BCUT2D eigenvalue weighted by atomic mass is 10.1. The molecular formula is C42H47F6N13O10. The van der Waals surface area contributed by atoms with Crippen LogP contribution in [0, 0.1) is 13.8 Å². The molecule has 4 aromatic heterocycles. The highest BCUT2D eigenvalue weighted by atomic mass is 19.4. The molecule has 0 aliphatic heterocycles. The van der Waals surface area contributed by atoms with Crippen LogP contribution in [0.4, 0.5) is 38.2 Å². The first-order valence-electron chi connectivity index (χ1n) is 20.8. The Morgan fingerprint density at radius 1 is 0.676 bits per heavy atom. The maximum atomic E-state index is 13.7. The third kappa shape index (κ3) is 13.8.